The lowest BCUT2D eigenvalue weighted by molar-refractivity contribution is -0.364. The average Bonchev–Trinajstić information content (AvgIpc) is 3.16. The van der Waals surface area contributed by atoms with E-state index >= 15 is 0 Å². The van der Waals surface area contributed by atoms with E-state index in [0.29, 0.717) is 11.5 Å². The van der Waals surface area contributed by atoms with Gasteiger partial charge in [0.1, 0.15) is 30.5 Å². The lowest BCUT2D eigenvalue weighted by Crippen LogP contribution is -2.48. The molecule has 0 spiro atoms. The number of ether oxygens (including phenoxy) is 2. The molecule has 0 unspecified atom stereocenters. The molecule has 3 aromatic heterocycles. The van der Waals surface area contributed by atoms with E-state index in [-0.39, 0.29) is 0 Å². The van der Waals surface area contributed by atoms with Crippen molar-refractivity contribution in [1.82, 2.24) is 15.0 Å². The predicted octanol–water partition coefficient (Wildman–Crippen LogP) is 2.27. The standard InChI is InChI=1S/C21H22N6O2/c1-28-16-11-14-15(12-17(16)29-2)25-20-19(14)23-13-24-21(20)27-9-7-26(8-10-27)18-5-3-4-6-22-18/h3-6,11-13,25H,7-10H2,1-2H3/p+1. The summed E-state index contributed by atoms with van der Waals surface area (Å²) in [7, 11) is 3.28. The van der Waals surface area contributed by atoms with Crippen LogP contribution in [0.3, 0.4) is 0 Å². The van der Waals surface area contributed by atoms with Crippen LogP contribution < -0.4 is 24.3 Å². The van der Waals surface area contributed by atoms with Crippen molar-refractivity contribution in [1.29, 1.82) is 0 Å². The molecule has 1 fully saturated rings. The van der Waals surface area contributed by atoms with Gasteiger partial charge in [-0.3, -0.25) is 4.90 Å². The van der Waals surface area contributed by atoms with Crippen molar-refractivity contribution in [3.05, 3.63) is 42.9 Å². The van der Waals surface area contributed by atoms with Gasteiger partial charge in [0.25, 0.3) is 5.82 Å². The van der Waals surface area contributed by atoms with Gasteiger partial charge in [-0.1, -0.05) is 6.07 Å². The maximum Gasteiger partial charge on any atom is 0.274 e. The summed E-state index contributed by atoms with van der Waals surface area (Å²) < 4.78 is 10.9. The van der Waals surface area contributed by atoms with E-state index in [2.05, 4.69) is 41.9 Å². The number of hydrogen-bond donors (Lipinski definition) is 1. The highest BCUT2D eigenvalue weighted by Crippen LogP contribution is 2.37. The Hall–Kier alpha value is -3.55. The molecule has 1 aliphatic heterocycles. The van der Waals surface area contributed by atoms with E-state index < -0.39 is 0 Å². The number of fused-ring (bicyclic) bond motifs is 3. The molecular weight excluding hydrogens is 368 g/mol. The summed E-state index contributed by atoms with van der Waals surface area (Å²) in [6.45, 7) is 3.62. The van der Waals surface area contributed by atoms with Crippen molar-refractivity contribution in [3.63, 3.8) is 0 Å². The Morgan fingerprint density at radius 1 is 0.966 bits per heavy atom. The van der Waals surface area contributed by atoms with Crippen molar-refractivity contribution < 1.29 is 14.5 Å². The summed E-state index contributed by atoms with van der Waals surface area (Å²) in [6.07, 6.45) is 3.60. The van der Waals surface area contributed by atoms with Crippen LogP contribution in [0.4, 0.5) is 11.6 Å². The Kier molecular flexibility index (Phi) is 4.31. The molecule has 1 aliphatic rings. The van der Waals surface area contributed by atoms with E-state index in [1.54, 1.807) is 20.5 Å². The highest BCUT2D eigenvalue weighted by atomic mass is 16.5. The van der Waals surface area contributed by atoms with Gasteiger partial charge in [-0.05, 0) is 12.1 Å². The predicted molar refractivity (Wildman–Crippen MR) is 112 cm³/mol. The maximum atomic E-state index is 5.46. The van der Waals surface area contributed by atoms with Crippen molar-refractivity contribution in [2.24, 2.45) is 0 Å². The molecule has 0 radical (unpaired) electrons. The number of aromatic nitrogens is 4. The molecule has 0 aliphatic carbocycles. The average molecular weight is 391 g/mol. The summed E-state index contributed by atoms with van der Waals surface area (Å²) in [4.78, 5) is 20.6. The molecule has 0 bridgehead atoms. The largest absolute Gasteiger partial charge is 0.493 e. The SMILES string of the molecule is COc1cc2[nH]c3c(N4CCN(c5cccc[nH+]5)CC4)ncnc3c2cc1OC. The van der Waals surface area contributed by atoms with Crippen molar-refractivity contribution in [2.75, 3.05) is 50.2 Å². The van der Waals surface area contributed by atoms with Gasteiger partial charge in [-0.15, -0.1) is 0 Å². The van der Waals surface area contributed by atoms with Crippen LogP contribution in [0.2, 0.25) is 0 Å². The van der Waals surface area contributed by atoms with Crippen LogP contribution in [0.15, 0.2) is 42.9 Å². The second kappa shape index (κ2) is 7.12. The van der Waals surface area contributed by atoms with Gasteiger partial charge in [0, 0.05) is 17.5 Å². The zero-order chi connectivity index (χ0) is 19.8. The lowest BCUT2D eigenvalue weighted by atomic mass is 10.2. The molecule has 0 amide bonds. The van der Waals surface area contributed by atoms with E-state index in [1.165, 1.54) is 0 Å². The third-order valence-electron chi connectivity index (χ3n) is 5.48. The molecule has 1 saturated heterocycles. The monoisotopic (exact) mass is 391 g/mol. The number of anilines is 2. The van der Waals surface area contributed by atoms with E-state index in [1.807, 2.05) is 24.4 Å². The second-order valence-electron chi connectivity index (χ2n) is 7.02. The van der Waals surface area contributed by atoms with Crippen LogP contribution in [-0.4, -0.2) is 55.4 Å². The molecule has 29 heavy (non-hydrogen) atoms. The highest BCUT2D eigenvalue weighted by molar-refractivity contribution is 6.09. The van der Waals surface area contributed by atoms with E-state index in [9.17, 15) is 0 Å². The number of methoxy groups -OCH3 is 2. The summed E-state index contributed by atoms with van der Waals surface area (Å²) >= 11 is 0. The highest BCUT2D eigenvalue weighted by Gasteiger charge is 2.26. The zero-order valence-electron chi connectivity index (χ0n) is 16.5. The smallest absolute Gasteiger partial charge is 0.274 e. The first-order valence-corrected chi connectivity index (χ1v) is 9.63. The fraction of sp³-hybridized carbons (Fsp3) is 0.286. The van der Waals surface area contributed by atoms with Gasteiger partial charge >= 0.3 is 0 Å². The van der Waals surface area contributed by atoms with Gasteiger partial charge in [0.15, 0.2) is 17.3 Å². The van der Waals surface area contributed by atoms with Gasteiger partial charge in [-0.2, -0.15) is 0 Å². The molecule has 0 atom stereocenters. The fourth-order valence-corrected chi connectivity index (χ4v) is 3.99. The number of rotatable bonds is 4. The number of benzene rings is 1. The quantitative estimate of drug-likeness (QED) is 0.575. The van der Waals surface area contributed by atoms with Crippen LogP contribution in [0.25, 0.3) is 21.9 Å². The molecule has 8 nitrogen and oxygen atoms in total. The number of pyridine rings is 1. The van der Waals surface area contributed by atoms with E-state index in [4.69, 9.17) is 9.47 Å². The molecule has 1 aromatic carbocycles. The van der Waals surface area contributed by atoms with Crippen LogP contribution in [-0.2, 0) is 0 Å². The molecule has 148 valence electrons. The van der Waals surface area contributed by atoms with Crippen LogP contribution in [0, 0.1) is 0 Å². The number of nitrogens with zero attached hydrogens (tertiary/aromatic N) is 4. The Morgan fingerprint density at radius 2 is 1.72 bits per heavy atom. The summed E-state index contributed by atoms with van der Waals surface area (Å²) in [5, 5.41) is 0.999. The number of nitrogens with one attached hydrogen (secondary N) is 2. The summed E-state index contributed by atoms with van der Waals surface area (Å²) in [6, 6.07) is 10.1. The third-order valence-corrected chi connectivity index (χ3v) is 5.48. The van der Waals surface area contributed by atoms with Gasteiger partial charge in [-0.25, -0.2) is 15.0 Å². The summed E-state index contributed by atoms with van der Waals surface area (Å²) in [5.41, 5.74) is 2.79. The Labute approximate surface area is 168 Å². The zero-order valence-corrected chi connectivity index (χ0v) is 16.5. The molecular formula is C21H23N6O2+. The molecule has 5 rings (SSSR count). The molecule has 8 heteroatoms. The normalized spacial score (nSPS) is 14.6. The van der Waals surface area contributed by atoms with Gasteiger partial charge < -0.3 is 19.4 Å². The van der Waals surface area contributed by atoms with E-state index in [0.717, 1.165) is 59.8 Å². The first-order valence-electron chi connectivity index (χ1n) is 9.63. The minimum Gasteiger partial charge on any atom is -0.493 e. The number of H-pyrrole nitrogens is 2. The first-order chi connectivity index (χ1) is 14.3. The van der Waals surface area contributed by atoms with Crippen LogP contribution in [0.1, 0.15) is 0 Å². The van der Waals surface area contributed by atoms with Gasteiger partial charge in [0.05, 0.1) is 39.0 Å². The van der Waals surface area contributed by atoms with Crippen LogP contribution in [0.5, 0.6) is 11.5 Å². The molecule has 4 aromatic rings. The molecule has 0 saturated carbocycles. The molecule has 2 N–H and O–H groups in total. The first kappa shape index (κ1) is 17.5. The third kappa shape index (κ3) is 2.97. The number of hydrogen-bond acceptors (Lipinski definition) is 6. The van der Waals surface area contributed by atoms with Crippen molar-refractivity contribution in [2.45, 2.75) is 0 Å². The maximum absolute atomic E-state index is 5.46. The molecule has 4 heterocycles. The summed E-state index contributed by atoms with van der Waals surface area (Å²) in [5.74, 6) is 3.45. The topological polar surface area (TPSA) is 80.7 Å². The fourth-order valence-electron chi connectivity index (χ4n) is 3.99. The minimum absolute atomic E-state index is 0.689. The Morgan fingerprint density at radius 3 is 2.45 bits per heavy atom. The second-order valence-corrected chi connectivity index (χ2v) is 7.02. The van der Waals surface area contributed by atoms with Crippen LogP contribution >= 0.6 is 0 Å². The van der Waals surface area contributed by atoms with Gasteiger partial charge in [0.2, 0.25) is 0 Å². The Bertz CT molecular complexity index is 1150. The minimum atomic E-state index is 0.689. The lowest BCUT2D eigenvalue weighted by Gasteiger charge is -2.31. The number of piperazine rings is 1. The Balaban J connectivity index is 1.49. The number of aromatic amines is 2. The van der Waals surface area contributed by atoms with Crippen molar-refractivity contribution >= 4 is 33.6 Å². The van der Waals surface area contributed by atoms with Crippen molar-refractivity contribution in [3.8, 4) is 11.5 Å².